The highest BCUT2D eigenvalue weighted by Gasteiger charge is 2.40. The van der Waals surface area contributed by atoms with E-state index in [-0.39, 0.29) is 5.82 Å². The Labute approximate surface area is 120 Å². The van der Waals surface area contributed by atoms with Crippen LogP contribution in [0.4, 0.5) is 4.39 Å². The molecule has 1 aliphatic carbocycles. The van der Waals surface area contributed by atoms with Gasteiger partial charge in [0.2, 0.25) is 6.08 Å². The number of aliphatic imine (C=N–C) groups is 1. The number of rotatable bonds is 3. The van der Waals surface area contributed by atoms with Crippen molar-refractivity contribution in [3.8, 4) is 5.75 Å². The van der Waals surface area contributed by atoms with E-state index >= 15 is 0 Å². The van der Waals surface area contributed by atoms with Gasteiger partial charge in [-0.15, -0.1) is 0 Å². The van der Waals surface area contributed by atoms with Crippen LogP contribution in [0.25, 0.3) is 0 Å². The molecule has 0 spiro atoms. The molecule has 1 aromatic carbocycles. The lowest BCUT2D eigenvalue weighted by molar-refractivity contribution is 0.372. The summed E-state index contributed by atoms with van der Waals surface area (Å²) in [7, 11) is 1.54. The second kappa shape index (κ2) is 5.43. The van der Waals surface area contributed by atoms with E-state index in [1.807, 2.05) is 0 Å². The van der Waals surface area contributed by atoms with Crippen molar-refractivity contribution in [1.82, 2.24) is 0 Å². The zero-order chi connectivity index (χ0) is 14.0. The second-order valence-electron chi connectivity index (χ2n) is 4.82. The van der Waals surface area contributed by atoms with Crippen LogP contribution in [0.1, 0.15) is 36.8 Å². The quantitative estimate of drug-likeness (QED) is 0.621. The molecule has 0 aromatic heterocycles. The Morgan fingerprint density at radius 3 is 2.63 bits per heavy atom. The molecule has 1 saturated carbocycles. The van der Waals surface area contributed by atoms with Crippen LogP contribution in [0.3, 0.4) is 0 Å². The Balaban J connectivity index is 2.75. The van der Waals surface area contributed by atoms with E-state index < -0.39 is 5.54 Å². The highest BCUT2D eigenvalue weighted by Crippen LogP contribution is 2.49. The molecule has 0 aliphatic heterocycles. The van der Waals surface area contributed by atoms with Crippen LogP contribution in [-0.2, 0) is 10.3 Å². The van der Waals surface area contributed by atoms with Crippen molar-refractivity contribution in [3.05, 3.63) is 27.5 Å². The van der Waals surface area contributed by atoms with E-state index in [1.54, 1.807) is 13.0 Å². The molecule has 2 rings (SSSR count). The van der Waals surface area contributed by atoms with Gasteiger partial charge in [0.15, 0.2) is 0 Å². The standard InChI is InChI=1S/C14H15BrFNO2/c1-9-11(16)7-10(15)13(19-2)12(9)14(17-8-18)5-3-4-6-14/h7H,3-6H2,1-2H3. The molecule has 0 heterocycles. The average Bonchev–Trinajstić information content (AvgIpc) is 2.83. The highest BCUT2D eigenvalue weighted by atomic mass is 79.9. The van der Waals surface area contributed by atoms with E-state index in [4.69, 9.17) is 4.74 Å². The van der Waals surface area contributed by atoms with E-state index in [9.17, 15) is 9.18 Å². The molecule has 1 aliphatic rings. The average molecular weight is 328 g/mol. The third kappa shape index (κ3) is 2.33. The zero-order valence-electron chi connectivity index (χ0n) is 10.9. The molecule has 0 amide bonds. The van der Waals surface area contributed by atoms with Gasteiger partial charge < -0.3 is 4.74 Å². The molecule has 0 unspecified atom stereocenters. The Bertz CT molecular complexity index is 547. The van der Waals surface area contributed by atoms with Gasteiger partial charge in [0.25, 0.3) is 0 Å². The number of carbonyl (C=O) groups excluding carboxylic acids is 1. The summed E-state index contributed by atoms with van der Waals surface area (Å²) in [5.41, 5.74) is 0.464. The third-order valence-electron chi connectivity index (χ3n) is 3.79. The van der Waals surface area contributed by atoms with E-state index in [0.717, 1.165) is 25.7 Å². The first-order valence-electron chi connectivity index (χ1n) is 6.18. The number of methoxy groups -OCH3 is 1. The Morgan fingerprint density at radius 2 is 2.11 bits per heavy atom. The minimum absolute atomic E-state index is 0.324. The van der Waals surface area contributed by atoms with Crippen LogP contribution >= 0.6 is 15.9 Å². The van der Waals surface area contributed by atoms with Gasteiger partial charge in [0.05, 0.1) is 11.6 Å². The maximum atomic E-state index is 14.0. The molecule has 19 heavy (non-hydrogen) atoms. The predicted octanol–water partition coefficient (Wildman–Crippen LogP) is 4.01. The topological polar surface area (TPSA) is 38.7 Å². The van der Waals surface area contributed by atoms with Crippen LogP contribution < -0.4 is 4.74 Å². The number of nitrogens with zero attached hydrogens (tertiary/aromatic N) is 1. The van der Waals surface area contributed by atoms with Crippen LogP contribution in [-0.4, -0.2) is 13.2 Å². The van der Waals surface area contributed by atoms with Gasteiger partial charge >= 0.3 is 0 Å². The first kappa shape index (κ1) is 14.2. The van der Waals surface area contributed by atoms with Crippen molar-refractivity contribution in [2.45, 2.75) is 38.1 Å². The summed E-state index contributed by atoms with van der Waals surface area (Å²) in [5, 5.41) is 0. The molecule has 0 N–H and O–H groups in total. The van der Waals surface area contributed by atoms with E-state index in [0.29, 0.717) is 21.3 Å². The van der Waals surface area contributed by atoms with Gasteiger partial charge in [-0.05, 0) is 47.3 Å². The lowest BCUT2D eigenvalue weighted by Gasteiger charge is -2.27. The molecule has 0 atom stereocenters. The highest BCUT2D eigenvalue weighted by molar-refractivity contribution is 9.10. The van der Waals surface area contributed by atoms with Gasteiger partial charge in [0, 0.05) is 5.56 Å². The summed E-state index contributed by atoms with van der Waals surface area (Å²) in [6.07, 6.45) is 5.00. The lowest BCUT2D eigenvalue weighted by Crippen LogP contribution is -2.22. The number of ether oxygens (including phenoxy) is 1. The minimum atomic E-state index is -0.693. The van der Waals surface area contributed by atoms with E-state index in [1.165, 1.54) is 13.2 Å². The van der Waals surface area contributed by atoms with Gasteiger partial charge in [0.1, 0.15) is 17.1 Å². The number of hydrogen-bond acceptors (Lipinski definition) is 3. The van der Waals surface area contributed by atoms with Crippen molar-refractivity contribution < 1.29 is 13.9 Å². The number of halogens is 2. The van der Waals surface area contributed by atoms with Gasteiger partial charge in [-0.1, -0.05) is 12.8 Å². The fourth-order valence-corrected chi connectivity index (χ4v) is 3.48. The summed E-state index contributed by atoms with van der Waals surface area (Å²) in [6, 6.07) is 1.38. The summed E-state index contributed by atoms with van der Waals surface area (Å²) in [6.45, 7) is 1.69. The molecule has 3 nitrogen and oxygen atoms in total. The van der Waals surface area contributed by atoms with Crippen molar-refractivity contribution >= 4 is 22.0 Å². The summed E-state index contributed by atoms with van der Waals surface area (Å²) < 4.78 is 19.9. The molecule has 102 valence electrons. The SMILES string of the molecule is COc1c(Br)cc(F)c(C)c1C1(N=C=O)CCCC1. The molecule has 1 fully saturated rings. The number of hydrogen-bond donors (Lipinski definition) is 0. The van der Waals surface area contributed by atoms with Crippen LogP contribution in [0.5, 0.6) is 5.75 Å². The van der Waals surface area contributed by atoms with Gasteiger partial charge in [-0.2, -0.15) is 4.99 Å². The molecule has 0 saturated heterocycles. The summed E-state index contributed by atoms with van der Waals surface area (Å²) in [4.78, 5) is 14.8. The molecule has 5 heteroatoms. The normalized spacial score (nSPS) is 17.1. The predicted molar refractivity (Wildman–Crippen MR) is 73.7 cm³/mol. The van der Waals surface area contributed by atoms with Crippen LogP contribution in [0, 0.1) is 12.7 Å². The monoisotopic (exact) mass is 327 g/mol. The number of isocyanates is 1. The Morgan fingerprint density at radius 1 is 1.47 bits per heavy atom. The zero-order valence-corrected chi connectivity index (χ0v) is 12.5. The lowest BCUT2D eigenvalue weighted by atomic mass is 9.85. The molecule has 0 bridgehead atoms. The van der Waals surface area contributed by atoms with Crippen molar-refractivity contribution in [2.75, 3.05) is 7.11 Å². The fourth-order valence-electron chi connectivity index (χ4n) is 2.92. The smallest absolute Gasteiger partial charge is 0.235 e. The van der Waals surface area contributed by atoms with Crippen molar-refractivity contribution in [2.24, 2.45) is 4.99 Å². The fraction of sp³-hybridized carbons (Fsp3) is 0.500. The Hall–Kier alpha value is -1.19. The summed E-state index contributed by atoms with van der Waals surface area (Å²) in [5.74, 6) is 0.231. The first-order valence-corrected chi connectivity index (χ1v) is 6.97. The van der Waals surface area contributed by atoms with Crippen LogP contribution in [0.2, 0.25) is 0 Å². The van der Waals surface area contributed by atoms with Crippen molar-refractivity contribution in [3.63, 3.8) is 0 Å². The van der Waals surface area contributed by atoms with Gasteiger partial charge in [-0.3, -0.25) is 0 Å². The maximum absolute atomic E-state index is 14.0. The number of benzene rings is 1. The summed E-state index contributed by atoms with van der Waals surface area (Å²) >= 11 is 3.31. The largest absolute Gasteiger partial charge is 0.495 e. The maximum Gasteiger partial charge on any atom is 0.235 e. The molecular formula is C14H15BrFNO2. The first-order chi connectivity index (χ1) is 9.05. The molecule has 0 radical (unpaired) electrons. The molecular weight excluding hydrogens is 313 g/mol. The van der Waals surface area contributed by atoms with E-state index in [2.05, 4.69) is 20.9 Å². The molecule has 1 aromatic rings. The Kier molecular flexibility index (Phi) is 4.07. The third-order valence-corrected chi connectivity index (χ3v) is 4.38. The minimum Gasteiger partial charge on any atom is -0.495 e. The van der Waals surface area contributed by atoms with Crippen LogP contribution in [0.15, 0.2) is 15.5 Å². The van der Waals surface area contributed by atoms with Gasteiger partial charge in [-0.25, -0.2) is 9.18 Å². The van der Waals surface area contributed by atoms with Crippen molar-refractivity contribution in [1.29, 1.82) is 0 Å². The second-order valence-corrected chi connectivity index (χ2v) is 5.67.